The van der Waals surface area contributed by atoms with E-state index in [0.29, 0.717) is 0 Å². The Morgan fingerprint density at radius 2 is 2.00 bits per heavy atom. The molecule has 1 N–H and O–H groups in total. The van der Waals surface area contributed by atoms with Gasteiger partial charge in [-0.05, 0) is 32.4 Å². The molecule has 0 saturated carbocycles. The summed E-state index contributed by atoms with van der Waals surface area (Å²) in [6.07, 6.45) is 2.47. The van der Waals surface area contributed by atoms with Gasteiger partial charge in [-0.25, -0.2) is 0 Å². The van der Waals surface area contributed by atoms with Crippen LogP contribution in [0, 0.1) is 5.92 Å². The molecule has 0 amide bonds. The van der Waals surface area contributed by atoms with Gasteiger partial charge in [0.15, 0.2) is 0 Å². The van der Waals surface area contributed by atoms with Crippen molar-refractivity contribution in [1.29, 1.82) is 0 Å². The van der Waals surface area contributed by atoms with Gasteiger partial charge < -0.3 is 10.1 Å². The van der Waals surface area contributed by atoms with Crippen LogP contribution in [-0.2, 0) is 4.74 Å². The summed E-state index contributed by atoms with van der Waals surface area (Å²) in [5.74, 6) is 0.865. The van der Waals surface area contributed by atoms with Crippen LogP contribution in [0.15, 0.2) is 0 Å². The van der Waals surface area contributed by atoms with Crippen molar-refractivity contribution in [1.82, 2.24) is 5.32 Å². The van der Waals surface area contributed by atoms with Gasteiger partial charge >= 0.3 is 0 Å². The lowest BCUT2D eigenvalue weighted by Crippen LogP contribution is -2.25. The molecular weight excluding hydrogens is 150 g/mol. The van der Waals surface area contributed by atoms with E-state index in [9.17, 15) is 0 Å². The molecule has 1 fully saturated rings. The van der Waals surface area contributed by atoms with Gasteiger partial charge in [-0.2, -0.15) is 0 Å². The van der Waals surface area contributed by atoms with Crippen LogP contribution in [0.4, 0.5) is 0 Å². The number of rotatable bonds is 2. The van der Waals surface area contributed by atoms with Gasteiger partial charge in [-0.3, -0.25) is 0 Å². The summed E-state index contributed by atoms with van der Waals surface area (Å²) in [6.45, 7) is 3.09. The normalized spacial score (nSPS) is 20.1. The number of nitrogens with one attached hydrogen (secondary N) is 1. The van der Waals surface area contributed by atoms with Crippen molar-refractivity contribution >= 4 is 12.4 Å². The fraction of sp³-hybridized carbons (Fsp3) is 1.00. The van der Waals surface area contributed by atoms with Gasteiger partial charge in [-0.1, -0.05) is 0 Å². The molecule has 1 aliphatic rings. The van der Waals surface area contributed by atoms with Crippen molar-refractivity contribution in [2.45, 2.75) is 12.8 Å². The first-order chi connectivity index (χ1) is 4.43. The average molecular weight is 166 g/mol. The highest BCUT2D eigenvalue weighted by Gasteiger charge is 2.11. The van der Waals surface area contributed by atoms with Crippen LogP contribution in [0.2, 0.25) is 0 Å². The first kappa shape index (κ1) is 10.2. The highest BCUT2D eigenvalue weighted by atomic mass is 35.5. The molecule has 0 unspecified atom stereocenters. The molecule has 3 heteroatoms. The van der Waals surface area contributed by atoms with Crippen molar-refractivity contribution in [2.75, 3.05) is 26.8 Å². The molecule has 1 aliphatic heterocycles. The first-order valence-corrected chi connectivity index (χ1v) is 3.66. The van der Waals surface area contributed by atoms with Crippen LogP contribution >= 0.6 is 12.4 Å². The van der Waals surface area contributed by atoms with Crippen LogP contribution in [0.1, 0.15) is 12.8 Å². The summed E-state index contributed by atoms with van der Waals surface area (Å²) >= 11 is 0. The van der Waals surface area contributed by atoms with Crippen LogP contribution in [0.25, 0.3) is 0 Å². The van der Waals surface area contributed by atoms with Crippen LogP contribution < -0.4 is 5.32 Å². The lowest BCUT2D eigenvalue weighted by atomic mass is 10.0. The molecule has 10 heavy (non-hydrogen) atoms. The van der Waals surface area contributed by atoms with Gasteiger partial charge in [0, 0.05) is 13.2 Å². The van der Waals surface area contributed by atoms with E-state index in [2.05, 4.69) is 5.32 Å². The zero-order valence-electron chi connectivity index (χ0n) is 6.43. The molecule has 0 spiro atoms. The summed E-state index contributed by atoms with van der Waals surface area (Å²) in [6, 6.07) is 0. The Morgan fingerprint density at radius 1 is 1.40 bits per heavy atom. The lowest BCUT2D eigenvalue weighted by Gasteiger charge is -2.21. The van der Waals surface area contributed by atoms with Crippen molar-refractivity contribution in [3.8, 4) is 0 Å². The quantitative estimate of drug-likeness (QED) is 0.661. The Bertz CT molecular complexity index is 71.3. The zero-order chi connectivity index (χ0) is 6.53. The van der Waals surface area contributed by atoms with Gasteiger partial charge in [-0.15, -0.1) is 12.4 Å². The second-order valence-electron chi connectivity index (χ2n) is 2.61. The van der Waals surface area contributed by atoms with Crippen molar-refractivity contribution in [3.05, 3.63) is 0 Å². The topological polar surface area (TPSA) is 21.3 Å². The molecule has 62 valence electrons. The largest absolute Gasteiger partial charge is 0.381 e. The molecular formula is C7H16ClNO. The van der Waals surface area contributed by atoms with E-state index in [4.69, 9.17) is 4.74 Å². The number of hydrogen-bond acceptors (Lipinski definition) is 2. The van der Waals surface area contributed by atoms with Gasteiger partial charge in [0.25, 0.3) is 0 Å². The Hall–Kier alpha value is 0.210. The smallest absolute Gasteiger partial charge is 0.0469 e. The second kappa shape index (κ2) is 5.96. The summed E-state index contributed by atoms with van der Waals surface area (Å²) in [7, 11) is 2.01. The predicted octanol–water partition coefficient (Wildman–Crippen LogP) is 1.05. The minimum absolute atomic E-state index is 0. The maximum atomic E-state index is 5.22. The molecule has 0 aromatic heterocycles. The van der Waals surface area contributed by atoms with Gasteiger partial charge in [0.1, 0.15) is 0 Å². The fourth-order valence-corrected chi connectivity index (χ4v) is 1.24. The summed E-state index contributed by atoms with van der Waals surface area (Å²) < 4.78 is 5.22. The fourth-order valence-electron chi connectivity index (χ4n) is 1.24. The predicted molar refractivity (Wildman–Crippen MR) is 44.7 cm³/mol. The van der Waals surface area contributed by atoms with E-state index in [0.717, 1.165) is 25.7 Å². The number of hydrogen-bond donors (Lipinski definition) is 1. The highest BCUT2D eigenvalue weighted by Crippen LogP contribution is 2.12. The lowest BCUT2D eigenvalue weighted by molar-refractivity contribution is 0.0669. The standard InChI is InChI=1S/C7H15NO.ClH/c1-8-6-7-2-4-9-5-3-7;/h7-8H,2-6H2,1H3;1H. The average Bonchev–Trinajstić information content (AvgIpc) is 1.91. The third-order valence-electron chi connectivity index (χ3n) is 1.83. The Balaban J connectivity index is 0.000000810. The summed E-state index contributed by atoms with van der Waals surface area (Å²) in [5, 5.41) is 3.18. The molecule has 1 saturated heterocycles. The molecule has 0 radical (unpaired) electrons. The van der Waals surface area contributed by atoms with Crippen molar-refractivity contribution in [3.63, 3.8) is 0 Å². The van der Waals surface area contributed by atoms with Crippen LogP contribution in [-0.4, -0.2) is 26.8 Å². The summed E-state index contributed by atoms with van der Waals surface area (Å²) in [5.41, 5.74) is 0. The highest BCUT2D eigenvalue weighted by molar-refractivity contribution is 5.85. The van der Waals surface area contributed by atoms with Crippen LogP contribution in [0.3, 0.4) is 0 Å². The molecule has 0 atom stereocenters. The minimum atomic E-state index is 0. The SMILES string of the molecule is CNCC1CCOCC1.Cl. The second-order valence-corrected chi connectivity index (χ2v) is 2.61. The molecule has 2 nitrogen and oxygen atoms in total. The van der Waals surface area contributed by atoms with E-state index < -0.39 is 0 Å². The first-order valence-electron chi connectivity index (χ1n) is 3.66. The van der Waals surface area contributed by atoms with Gasteiger partial charge in [0.05, 0.1) is 0 Å². The van der Waals surface area contributed by atoms with E-state index in [1.807, 2.05) is 7.05 Å². The third-order valence-corrected chi connectivity index (χ3v) is 1.83. The summed E-state index contributed by atoms with van der Waals surface area (Å²) in [4.78, 5) is 0. The van der Waals surface area contributed by atoms with Crippen molar-refractivity contribution < 1.29 is 4.74 Å². The van der Waals surface area contributed by atoms with E-state index >= 15 is 0 Å². The molecule has 0 aliphatic carbocycles. The molecule has 0 bridgehead atoms. The molecule has 0 aromatic rings. The number of ether oxygens (including phenoxy) is 1. The van der Waals surface area contributed by atoms with Gasteiger partial charge in [0.2, 0.25) is 0 Å². The molecule has 1 rings (SSSR count). The van der Waals surface area contributed by atoms with E-state index in [-0.39, 0.29) is 12.4 Å². The van der Waals surface area contributed by atoms with Crippen molar-refractivity contribution in [2.24, 2.45) is 5.92 Å². The Labute approximate surface area is 68.7 Å². The maximum absolute atomic E-state index is 5.22. The molecule has 1 heterocycles. The van der Waals surface area contributed by atoms with Crippen LogP contribution in [0.5, 0.6) is 0 Å². The zero-order valence-corrected chi connectivity index (χ0v) is 7.25. The number of halogens is 1. The molecule has 0 aromatic carbocycles. The monoisotopic (exact) mass is 165 g/mol. The van der Waals surface area contributed by atoms with E-state index in [1.54, 1.807) is 0 Å². The third kappa shape index (κ3) is 3.40. The Kier molecular flexibility index (Phi) is 6.08. The Morgan fingerprint density at radius 3 is 2.50 bits per heavy atom. The van der Waals surface area contributed by atoms with E-state index in [1.165, 1.54) is 12.8 Å². The maximum Gasteiger partial charge on any atom is 0.0469 e. The minimum Gasteiger partial charge on any atom is -0.381 e.